The summed E-state index contributed by atoms with van der Waals surface area (Å²) in [5, 5.41) is 39.8. The molecule has 0 aliphatic rings. The molecule has 0 saturated carbocycles. The molecular weight excluding hydrogens is 464 g/mol. The number of carboxylic acids is 4. The van der Waals surface area contributed by atoms with Gasteiger partial charge in [0.05, 0.1) is 23.7 Å². The highest BCUT2D eigenvalue weighted by Crippen LogP contribution is 2.53. The van der Waals surface area contributed by atoms with Gasteiger partial charge in [0.2, 0.25) is 0 Å². The van der Waals surface area contributed by atoms with Crippen LogP contribution in [0.25, 0.3) is 0 Å². The second kappa shape index (κ2) is 19.1. The van der Waals surface area contributed by atoms with Crippen LogP contribution in [0.15, 0.2) is 0 Å². The first-order valence-corrected chi connectivity index (χ1v) is 14.0. The van der Waals surface area contributed by atoms with Gasteiger partial charge in [0.15, 0.2) is 0 Å². The maximum atomic E-state index is 12.6. The van der Waals surface area contributed by atoms with Gasteiger partial charge in [-0.3, -0.25) is 19.2 Å². The topological polar surface area (TPSA) is 149 Å². The predicted octanol–water partition coefficient (Wildman–Crippen LogP) is 7.14. The Labute approximate surface area is 216 Å². The molecule has 0 aromatic rings. The Morgan fingerprint density at radius 2 is 0.694 bits per heavy atom. The minimum absolute atomic E-state index is 0.166. The summed E-state index contributed by atoms with van der Waals surface area (Å²) in [6, 6.07) is 0. The molecule has 4 N–H and O–H groups in total. The van der Waals surface area contributed by atoms with E-state index in [1.807, 2.05) is 0 Å². The molecule has 8 heteroatoms. The summed E-state index contributed by atoms with van der Waals surface area (Å²) in [7, 11) is 0. The molecule has 210 valence electrons. The van der Waals surface area contributed by atoms with Crippen molar-refractivity contribution >= 4 is 23.9 Å². The Kier molecular flexibility index (Phi) is 17.9. The number of hydrogen-bond donors (Lipinski definition) is 4. The largest absolute Gasteiger partial charge is 0.481 e. The van der Waals surface area contributed by atoms with Crippen LogP contribution in [0, 0.1) is 10.8 Å². The Morgan fingerprint density at radius 3 is 0.917 bits per heavy atom. The molecule has 0 aliphatic heterocycles. The number of carboxylic acid groups (broad SMARTS) is 4. The zero-order valence-electron chi connectivity index (χ0n) is 22.6. The first kappa shape index (κ1) is 33.9. The third-order valence-electron chi connectivity index (χ3n) is 7.56. The van der Waals surface area contributed by atoms with Crippen LogP contribution in [-0.2, 0) is 19.2 Å². The van der Waals surface area contributed by atoms with E-state index in [1.165, 1.54) is 0 Å². The molecule has 2 unspecified atom stereocenters. The zero-order valence-corrected chi connectivity index (χ0v) is 22.6. The number of carbonyl (C=O) groups is 4. The van der Waals surface area contributed by atoms with Gasteiger partial charge in [-0.1, -0.05) is 117 Å². The molecule has 0 spiro atoms. The Morgan fingerprint density at radius 1 is 0.444 bits per heavy atom. The molecule has 0 fully saturated rings. The van der Waals surface area contributed by atoms with Crippen molar-refractivity contribution in [1.82, 2.24) is 0 Å². The first-order chi connectivity index (χ1) is 17.1. The van der Waals surface area contributed by atoms with Gasteiger partial charge >= 0.3 is 23.9 Å². The van der Waals surface area contributed by atoms with E-state index in [-0.39, 0.29) is 12.8 Å². The minimum atomic E-state index is -2.19. The quantitative estimate of drug-likeness (QED) is 0.0939. The molecule has 8 nitrogen and oxygen atoms in total. The lowest BCUT2D eigenvalue weighted by Crippen LogP contribution is -2.55. The maximum Gasteiger partial charge on any atom is 0.311 e. The standard InChI is InChI=1S/C28H50O8/c1-3-5-7-9-11-13-15-17-19-27(25(33)34,21-23(29)30)28(26(35)36,22-24(31)32)20-18-16-14-12-10-8-6-4-2/h3-22H2,1-2H3,(H,29,30)(H,31,32)(H,33,34)(H,35,36). The molecule has 0 aromatic carbocycles. The van der Waals surface area contributed by atoms with Crippen molar-refractivity contribution < 1.29 is 39.6 Å². The van der Waals surface area contributed by atoms with Crippen molar-refractivity contribution in [2.24, 2.45) is 10.8 Å². The molecule has 0 radical (unpaired) electrons. The Hall–Kier alpha value is -2.12. The molecule has 0 saturated heterocycles. The van der Waals surface area contributed by atoms with E-state index in [1.54, 1.807) is 0 Å². The van der Waals surface area contributed by atoms with Crippen molar-refractivity contribution in [2.75, 3.05) is 0 Å². The smallest absolute Gasteiger partial charge is 0.311 e. The van der Waals surface area contributed by atoms with E-state index in [9.17, 15) is 39.6 Å². The lowest BCUT2D eigenvalue weighted by molar-refractivity contribution is -0.184. The third-order valence-corrected chi connectivity index (χ3v) is 7.56. The highest BCUT2D eigenvalue weighted by molar-refractivity contribution is 5.92. The van der Waals surface area contributed by atoms with E-state index >= 15 is 0 Å². The summed E-state index contributed by atoms with van der Waals surface area (Å²) < 4.78 is 0. The predicted molar refractivity (Wildman–Crippen MR) is 139 cm³/mol. The van der Waals surface area contributed by atoms with Gasteiger partial charge < -0.3 is 20.4 Å². The van der Waals surface area contributed by atoms with Crippen LogP contribution in [0.5, 0.6) is 0 Å². The summed E-state index contributed by atoms with van der Waals surface area (Å²) >= 11 is 0. The molecular formula is C28H50O8. The van der Waals surface area contributed by atoms with Gasteiger partial charge in [-0.25, -0.2) is 0 Å². The second-order valence-electron chi connectivity index (χ2n) is 10.4. The van der Waals surface area contributed by atoms with Gasteiger partial charge in [-0.2, -0.15) is 0 Å². The average molecular weight is 515 g/mol. The highest BCUT2D eigenvalue weighted by atomic mass is 16.4. The van der Waals surface area contributed by atoms with E-state index in [0.29, 0.717) is 25.7 Å². The SMILES string of the molecule is CCCCCCCCCCC(CC(=O)O)(C(=O)O)C(CCCCCCCCCC)(CC(=O)O)C(=O)O. The molecule has 0 bridgehead atoms. The normalized spacial score (nSPS) is 14.6. The fourth-order valence-corrected chi connectivity index (χ4v) is 5.41. The van der Waals surface area contributed by atoms with Gasteiger partial charge in [0, 0.05) is 0 Å². The lowest BCUT2D eigenvalue weighted by atomic mass is 9.55. The van der Waals surface area contributed by atoms with Gasteiger partial charge in [-0.15, -0.1) is 0 Å². The molecule has 0 aromatic heterocycles. The van der Waals surface area contributed by atoms with Crippen LogP contribution in [0.4, 0.5) is 0 Å². The minimum Gasteiger partial charge on any atom is -0.481 e. The summed E-state index contributed by atoms with van der Waals surface area (Å²) in [6.45, 7) is 4.26. The lowest BCUT2D eigenvalue weighted by Gasteiger charge is -2.44. The number of unbranched alkanes of at least 4 members (excludes halogenated alkanes) is 14. The van der Waals surface area contributed by atoms with Crippen LogP contribution >= 0.6 is 0 Å². The summed E-state index contributed by atoms with van der Waals surface area (Å²) in [4.78, 5) is 48.9. The van der Waals surface area contributed by atoms with E-state index in [0.717, 1.165) is 77.0 Å². The number of rotatable bonds is 25. The van der Waals surface area contributed by atoms with Crippen molar-refractivity contribution in [3.63, 3.8) is 0 Å². The second-order valence-corrected chi connectivity index (χ2v) is 10.4. The summed E-state index contributed by atoms with van der Waals surface area (Å²) in [5.74, 6) is -5.92. The molecule has 0 aliphatic carbocycles. The third kappa shape index (κ3) is 11.7. The van der Waals surface area contributed by atoms with Gasteiger partial charge in [0.1, 0.15) is 0 Å². The Balaban J connectivity index is 5.64. The molecule has 0 amide bonds. The maximum absolute atomic E-state index is 12.6. The van der Waals surface area contributed by atoms with E-state index in [2.05, 4.69) is 13.8 Å². The van der Waals surface area contributed by atoms with Crippen LogP contribution in [0.1, 0.15) is 142 Å². The molecule has 0 rings (SSSR count). The molecule has 0 heterocycles. The summed E-state index contributed by atoms with van der Waals surface area (Å²) in [5.41, 5.74) is -4.38. The van der Waals surface area contributed by atoms with Gasteiger partial charge in [0.25, 0.3) is 0 Å². The van der Waals surface area contributed by atoms with Crippen LogP contribution in [0.2, 0.25) is 0 Å². The van der Waals surface area contributed by atoms with Crippen molar-refractivity contribution in [2.45, 2.75) is 142 Å². The monoisotopic (exact) mass is 514 g/mol. The Bertz CT molecular complexity index is 606. The first-order valence-electron chi connectivity index (χ1n) is 14.0. The number of aliphatic carboxylic acids is 4. The number of hydrogen-bond acceptors (Lipinski definition) is 4. The zero-order chi connectivity index (χ0) is 27.5. The summed E-state index contributed by atoms with van der Waals surface area (Å²) in [6.07, 6.45) is 12.5. The fourth-order valence-electron chi connectivity index (χ4n) is 5.41. The van der Waals surface area contributed by atoms with Gasteiger partial charge in [-0.05, 0) is 12.8 Å². The van der Waals surface area contributed by atoms with E-state index < -0.39 is 47.5 Å². The highest BCUT2D eigenvalue weighted by Gasteiger charge is 2.62. The van der Waals surface area contributed by atoms with Crippen molar-refractivity contribution in [3.8, 4) is 0 Å². The van der Waals surface area contributed by atoms with Crippen LogP contribution in [-0.4, -0.2) is 44.3 Å². The van der Waals surface area contributed by atoms with Crippen molar-refractivity contribution in [1.29, 1.82) is 0 Å². The molecule has 36 heavy (non-hydrogen) atoms. The fraction of sp³-hybridized carbons (Fsp3) is 0.857. The van der Waals surface area contributed by atoms with E-state index in [4.69, 9.17) is 0 Å². The van der Waals surface area contributed by atoms with Crippen LogP contribution in [0.3, 0.4) is 0 Å². The van der Waals surface area contributed by atoms with Crippen LogP contribution < -0.4 is 0 Å². The molecule has 2 atom stereocenters. The van der Waals surface area contributed by atoms with Crippen molar-refractivity contribution in [3.05, 3.63) is 0 Å². The average Bonchev–Trinajstić information content (AvgIpc) is 2.80.